The maximum absolute atomic E-state index is 11.3. The lowest BCUT2D eigenvalue weighted by Gasteiger charge is -2.23. The number of hydrogen-bond acceptors (Lipinski definition) is 5. The van der Waals surface area contributed by atoms with Gasteiger partial charge in [0.1, 0.15) is 0 Å². The zero-order chi connectivity index (χ0) is 18.4. The van der Waals surface area contributed by atoms with E-state index < -0.39 is 10.3 Å². The highest BCUT2D eigenvalue weighted by molar-refractivity contribution is 7.83. The van der Waals surface area contributed by atoms with Gasteiger partial charge < -0.3 is 0 Å². The van der Waals surface area contributed by atoms with Crippen LogP contribution in [0.3, 0.4) is 0 Å². The molecule has 0 saturated heterocycles. The Hall–Kier alpha value is -3.07. The molecule has 8 heteroatoms. The van der Waals surface area contributed by atoms with Crippen LogP contribution in [0.2, 0.25) is 0 Å². The molecule has 0 aliphatic rings. The lowest BCUT2D eigenvalue weighted by Crippen LogP contribution is -2.38. The largest absolute Gasteiger partial charge is 0.350 e. The van der Waals surface area contributed by atoms with Crippen LogP contribution in [0.25, 0.3) is 0 Å². The number of azo groups is 1. The van der Waals surface area contributed by atoms with E-state index in [1.54, 1.807) is 48.5 Å². The van der Waals surface area contributed by atoms with Gasteiger partial charge in [-0.2, -0.15) is 18.6 Å². The summed E-state index contributed by atoms with van der Waals surface area (Å²) in [4.78, 5) is 2.07. The van der Waals surface area contributed by atoms with E-state index in [2.05, 4.69) is 15.1 Å². The first-order valence-corrected chi connectivity index (χ1v) is 9.12. The van der Waals surface area contributed by atoms with Crippen molar-refractivity contribution in [1.29, 1.82) is 0 Å². The van der Waals surface area contributed by atoms with Crippen molar-refractivity contribution < 1.29 is 13.0 Å². The first-order chi connectivity index (χ1) is 12.5. The molecule has 0 fully saturated rings. The second-order valence-corrected chi connectivity index (χ2v) is 6.42. The third-order valence-electron chi connectivity index (χ3n) is 3.37. The molecule has 26 heavy (non-hydrogen) atoms. The lowest BCUT2D eigenvalue weighted by atomic mass is 10.2. The van der Waals surface area contributed by atoms with Gasteiger partial charge in [-0.05, 0) is 48.5 Å². The molecule has 0 aromatic heterocycles. The number of hydrazine groups is 1. The van der Waals surface area contributed by atoms with Crippen molar-refractivity contribution in [3.63, 3.8) is 0 Å². The number of anilines is 2. The van der Waals surface area contributed by atoms with Gasteiger partial charge in [0.2, 0.25) is 0 Å². The number of hydrogen-bond donors (Lipinski definition) is 2. The van der Waals surface area contributed by atoms with Gasteiger partial charge in [-0.15, -0.1) is 0 Å². The second-order valence-electron chi connectivity index (χ2n) is 5.29. The zero-order valence-corrected chi connectivity index (χ0v) is 14.4. The Morgan fingerprint density at radius 3 is 1.69 bits per heavy atom. The summed E-state index contributed by atoms with van der Waals surface area (Å²) < 4.78 is 31.7. The highest BCUT2D eigenvalue weighted by atomic mass is 32.2. The van der Waals surface area contributed by atoms with Crippen molar-refractivity contribution in [1.82, 2.24) is 4.83 Å². The third-order valence-corrected chi connectivity index (χ3v) is 3.78. The van der Waals surface area contributed by atoms with Crippen LogP contribution >= 0.6 is 0 Å². The van der Waals surface area contributed by atoms with Crippen LogP contribution in [0.4, 0.5) is 22.7 Å². The predicted octanol–water partition coefficient (Wildman–Crippen LogP) is 4.55. The SMILES string of the molecule is O=S(=O)(O)NN(c1ccccc1)c1ccc(N=Nc2ccccc2)cc1. The van der Waals surface area contributed by atoms with Crippen molar-refractivity contribution >= 4 is 33.1 Å². The molecule has 3 aromatic carbocycles. The van der Waals surface area contributed by atoms with Gasteiger partial charge in [-0.1, -0.05) is 41.2 Å². The molecule has 7 nitrogen and oxygen atoms in total. The molecule has 0 amide bonds. The van der Waals surface area contributed by atoms with E-state index >= 15 is 0 Å². The minimum atomic E-state index is -4.44. The Morgan fingerprint density at radius 1 is 0.692 bits per heavy atom. The average molecular weight is 368 g/mol. The Balaban J connectivity index is 1.85. The molecule has 0 heterocycles. The van der Waals surface area contributed by atoms with E-state index in [1.165, 1.54) is 5.01 Å². The molecular formula is C18H16N4O3S. The number of nitrogens with zero attached hydrogens (tertiary/aromatic N) is 3. The van der Waals surface area contributed by atoms with E-state index in [0.29, 0.717) is 17.1 Å². The first-order valence-electron chi connectivity index (χ1n) is 7.68. The van der Waals surface area contributed by atoms with Crippen LogP contribution < -0.4 is 9.84 Å². The van der Waals surface area contributed by atoms with E-state index in [-0.39, 0.29) is 0 Å². The monoisotopic (exact) mass is 368 g/mol. The number of benzene rings is 3. The van der Waals surface area contributed by atoms with E-state index in [4.69, 9.17) is 4.55 Å². The first kappa shape index (κ1) is 17.7. The third kappa shape index (κ3) is 4.96. The molecule has 0 spiro atoms. The molecule has 0 saturated carbocycles. The smallest absolute Gasteiger partial charge is 0.272 e. The van der Waals surface area contributed by atoms with Gasteiger partial charge in [-0.25, -0.2) is 0 Å². The van der Waals surface area contributed by atoms with Gasteiger partial charge >= 0.3 is 10.3 Å². The molecule has 3 aromatic rings. The van der Waals surface area contributed by atoms with Crippen molar-refractivity contribution in [3.05, 3.63) is 84.9 Å². The standard InChI is InChI=1S/C18H16N4O3S/c23-26(24,25)21-22(17-9-5-2-6-10-17)18-13-11-16(12-14-18)20-19-15-7-3-1-4-8-15/h1-14,21H,(H,23,24,25). The average Bonchev–Trinajstić information content (AvgIpc) is 2.66. The summed E-state index contributed by atoms with van der Waals surface area (Å²) in [5.74, 6) is 0. The summed E-state index contributed by atoms with van der Waals surface area (Å²) in [6.07, 6.45) is 0. The summed E-state index contributed by atoms with van der Waals surface area (Å²) in [7, 11) is -4.44. The van der Waals surface area contributed by atoms with Gasteiger partial charge in [0.05, 0.1) is 22.7 Å². The van der Waals surface area contributed by atoms with Crippen molar-refractivity contribution in [2.24, 2.45) is 10.2 Å². The van der Waals surface area contributed by atoms with E-state index in [1.807, 2.05) is 36.4 Å². The normalized spacial score (nSPS) is 11.6. The lowest BCUT2D eigenvalue weighted by molar-refractivity contribution is 0.468. The Kier molecular flexibility index (Phi) is 5.37. The molecule has 2 N–H and O–H groups in total. The minimum Gasteiger partial charge on any atom is -0.272 e. The second kappa shape index (κ2) is 7.87. The molecule has 3 rings (SSSR count). The van der Waals surface area contributed by atoms with Crippen molar-refractivity contribution in [3.8, 4) is 0 Å². The zero-order valence-electron chi connectivity index (χ0n) is 13.6. The van der Waals surface area contributed by atoms with Gasteiger partial charge in [0, 0.05) is 0 Å². The van der Waals surface area contributed by atoms with E-state index in [9.17, 15) is 8.42 Å². The summed E-state index contributed by atoms with van der Waals surface area (Å²) in [6.45, 7) is 0. The van der Waals surface area contributed by atoms with Crippen LogP contribution in [0.1, 0.15) is 0 Å². The Morgan fingerprint density at radius 2 is 1.15 bits per heavy atom. The number of rotatable bonds is 6. The van der Waals surface area contributed by atoms with Crippen molar-refractivity contribution in [2.45, 2.75) is 0 Å². The van der Waals surface area contributed by atoms with Crippen LogP contribution in [0.5, 0.6) is 0 Å². The van der Waals surface area contributed by atoms with Crippen LogP contribution in [0, 0.1) is 0 Å². The van der Waals surface area contributed by atoms with Gasteiger partial charge in [0.15, 0.2) is 0 Å². The highest BCUT2D eigenvalue weighted by Crippen LogP contribution is 2.26. The van der Waals surface area contributed by atoms with Gasteiger partial charge in [0.25, 0.3) is 0 Å². The minimum absolute atomic E-state index is 0.507. The molecule has 0 radical (unpaired) electrons. The fourth-order valence-corrected chi connectivity index (χ4v) is 2.67. The van der Waals surface area contributed by atoms with Crippen LogP contribution in [-0.2, 0) is 10.3 Å². The molecular weight excluding hydrogens is 352 g/mol. The number of para-hydroxylation sites is 1. The van der Waals surface area contributed by atoms with E-state index in [0.717, 1.165) is 5.69 Å². The topological polar surface area (TPSA) is 94.4 Å². The molecule has 132 valence electrons. The highest BCUT2D eigenvalue weighted by Gasteiger charge is 2.15. The van der Waals surface area contributed by atoms with Crippen molar-refractivity contribution in [2.75, 3.05) is 5.01 Å². The molecule has 0 aliphatic carbocycles. The molecule has 0 atom stereocenters. The Labute approximate surface area is 151 Å². The fraction of sp³-hybridized carbons (Fsp3) is 0. The summed E-state index contributed by atoms with van der Waals surface area (Å²) in [5.41, 5.74) is 2.39. The molecule has 0 unspecified atom stereocenters. The fourth-order valence-electron chi connectivity index (χ4n) is 2.23. The quantitative estimate of drug-likeness (QED) is 0.379. The van der Waals surface area contributed by atoms with Gasteiger partial charge in [-0.3, -0.25) is 9.56 Å². The summed E-state index contributed by atoms with van der Waals surface area (Å²) in [6, 6.07) is 24.8. The predicted molar refractivity (Wildman–Crippen MR) is 100 cm³/mol. The maximum Gasteiger partial charge on any atom is 0.350 e. The van der Waals surface area contributed by atoms with Crippen LogP contribution in [0.15, 0.2) is 95.2 Å². The maximum atomic E-state index is 11.3. The number of nitrogens with one attached hydrogen (secondary N) is 1. The summed E-state index contributed by atoms with van der Waals surface area (Å²) >= 11 is 0. The molecule has 0 aliphatic heterocycles. The Bertz CT molecular complexity index is 976. The van der Waals surface area contributed by atoms with Crippen LogP contribution in [-0.4, -0.2) is 13.0 Å². The molecule has 0 bridgehead atoms. The summed E-state index contributed by atoms with van der Waals surface area (Å²) in [5, 5.41) is 9.53.